The Labute approximate surface area is 110 Å². The third-order valence-corrected chi connectivity index (χ3v) is 5.11. The SMILES string of the molecule is CCC1CCC(N(C(=O)C2CNC2)C2CC2)CC1. The van der Waals surface area contributed by atoms with Crippen LogP contribution in [0.2, 0.25) is 0 Å². The van der Waals surface area contributed by atoms with E-state index in [1.807, 2.05) is 0 Å². The predicted molar refractivity (Wildman–Crippen MR) is 72.3 cm³/mol. The zero-order valence-electron chi connectivity index (χ0n) is 11.5. The van der Waals surface area contributed by atoms with E-state index in [2.05, 4.69) is 17.1 Å². The van der Waals surface area contributed by atoms with Crippen LogP contribution in [0.25, 0.3) is 0 Å². The molecule has 3 aliphatic rings. The zero-order chi connectivity index (χ0) is 12.5. The van der Waals surface area contributed by atoms with Crippen molar-refractivity contribution in [1.29, 1.82) is 0 Å². The summed E-state index contributed by atoms with van der Waals surface area (Å²) >= 11 is 0. The second kappa shape index (κ2) is 5.20. The third kappa shape index (κ3) is 2.42. The zero-order valence-corrected chi connectivity index (χ0v) is 11.5. The highest BCUT2D eigenvalue weighted by Crippen LogP contribution is 2.37. The molecule has 3 rings (SSSR count). The highest BCUT2D eigenvalue weighted by molar-refractivity contribution is 5.81. The molecule has 2 saturated carbocycles. The molecule has 0 aromatic carbocycles. The molecule has 0 atom stereocenters. The average Bonchev–Trinajstić information content (AvgIpc) is 3.12. The quantitative estimate of drug-likeness (QED) is 0.829. The van der Waals surface area contributed by atoms with E-state index < -0.39 is 0 Å². The van der Waals surface area contributed by atoms with E-state index in [-0.39, 0.29) is 5.92 Å². The predicted octanol–water partition coefficient (Wildman–Crippen LogP) is 2.17. The normalized spacial score (nSPS) is 32.9. The molecule has 1 amide bonds. The standard InChI is InChI=1S/C15H26N2O/c1-2-11-3-5-13(6-4-11)17(14-7-8-14)15(18)12-9-16-10-12/h11-14,16H,2-10H2,1H3. The monoisotopic (exact) mass is 250 g/mol. The molecular weight excluding hydrogens is 224 g/mol. The maximum atomic E-state index is 12.5. The topological polar surface area (TPSA) is 32.3 Å². The van der Waals surface area contributed by atoms with Crippen LogP contribution in [0.3, 0.4) is 0 Å². The minimum atomic E-state index is 0.287. The molecule has 1 aliphatic heterocycles. The molecule has 1 N–H and O–H groups in total. The fourth-order valence-corrected chi connectivity index (χ4v) is 3.52. The van der Waals surface area contributed by atoms with Gasteiger partial charge in [0.2, 0.25) is 5.91 Å². The first-order valence-corrected chi connectivity index (χ1v) is 7.82. The number of hydrogen-bond donors (Lipinski definition) is 1. The first kappa shape index (κ1) is 12.5. The van der Waals surface area contributed by atoms with Gasteiger partial charge in [-0.05, 0) is 44.4 Å². The molecule has 3 heteroatoms. The molecule has 0 radical (unpaired) electrons. The smallest absolute Gasteiger partial charge is 0.228 e. The Hall–Kier alpha value is -0.570. The van der Waals surface area contributed by atoms with Gasteiger partial charge in [0.15, 0.2) is 0 Å². The van der Waals surface area contributed by atoms with Gasteiger partial charge in [-0.3, -0.25) is 4.79 Å². The second-order valence-electron chi connectivity index (χ2n) is 6.41. The maximum absolute atomic E-state index is 12.5. The van der Waals surface area contributed by atoms with E-state index in [1.54, 1.807) is 0 Å². The Balaban J connectivity index is 1.61. The van der Waals surface area contributed by atoms with Gasteiger partial charge in [-0.2, -0.15) is 0 Å². The Morgan fingerprint density at radius 3 is 2.00 bits per heavy atom. The van der Waals surface area contributed by atoms with Crippen molar-refractivity contribution in [2.45, 2.75) is 64.0 Å². The van der Waals surface area contributed by atoms with Crippen LogP contribution in [0, 0.1) is 11.8 Å². The summed E-state index contributed by atoms with van der Waals surface area (Å²) in [7, 11) is 0. The van der Waals surface area contributed by atoms with Crippen LogP contribution >= 0.6 is 0 Å². The first-order chi connectivity index (χ1) is 8.79. The largest absolute Gasteiger partial charge is 0.336 e. The number of amides is 1. The van der Waals surface area contributed by atoms with Crippen molar-refractivity contribution in [1.82, 2.24) is 10.2 Å². The van der Waals surface area contributed by atoms with Gasteiger partial charge in [0.05, 0.1) is 5.92 Å². The summed E-state index contributed by atoms with van der Waals surface area (Å²) in [5, 5.41) is 3.23. The van der Waals surface area contributed by atoms with Crippen molar-refractivity contribution in [3.8, 4) is 0 Å². The Morgan fingerprint density at radius 2 is 1.61 bits per heavy atom. The van der Waals surface area contributed by atoms with Crippen molar-refractivity contribution in [3.63, 3.8) is 0 Å². The summed E-state index contributed by atoms with van der Waals surface area (Å²) in [5.41, 5.74) is 0. The minimum absolute atomic E-state index is 0.287. The van der Waals surface area contributed by atoms with Gasteiger partial charge in [-0.25, -0.2) is 0 Å². The lowest BCUT2D eigenvalue weighted by molar-refractivity contribution is -0.141. The van der Waals surface area contributed by atoms with Crippen LogP contribution in [0.5, 0.6) is 0 Å². The molecule has 0 aromatic heterocycles. The summed E-state index contributed by atoms with van der Waals surface area (Å²) in [4.78, 5) is 14.8. The molecule has 0 spiro atoms. The Kier molecular flexibility index (Phi) is 3.60. The van der Waals surface area contributed by atoms with Crippen molar-refractivity contribution in [2.24, 2.45) is 11.8 Å². The van der Waals surface area contributed by atoms with Gasteiger partial charge in [0.25, 0.3) is 0 Å². The lowest BCUT2D eigenvalue weighted by Gasteiger charge is -2.40. The van der Waals surface area contributed by atoms with Crippen LogP contribution in [0.1, 0.15) is 51.9 Å². The molecule has 1 heterocycles. The van der Waals surface area contributed by atoms with Crippen molar-refractivity contribution >= 4 is 5.91 Å². The fraction of sp³-hybridized carbons (Fsp3) is 0.933. The number of rotatable bonds is 4. The third-order valence-electron chi connectivity index (χ3n) is 5.11. The highest BCUT2D eigenvalue weighted by atomic mass is 16.2. The van der Waals surface area contributed by atoms with Crippen LogP contribution in [0.15, 0.2) is 0 Å². The van der Waals surface area contributed by atoms with E-state index in [0.717, 1.165) is 19.0 Å². The number of carbonyl (C=O) groups is 1. The lowest BCUT2D eigenvalue weighted by Crippen LogP contribution is -2.55. The molecule has 1 saturated heterocycles. The van der Waals surface area contributed by atoms with Crippen molar-refractivity contribution in [3.05, 3.63) is 0 Å². The van der Waals surface area contributed by atoms with E-state index in [0.29, 0.717) is 18.0 Å². The molecular formula is C15H26N2O. The van der Waals surface area contributed by atoms with E-state index >= 15 is 0 Å². The van der Waals surface area contributed by atoms with Crippen molar-refractivity contribution in [2.75, 3.05) is 13.1 Å². The summed E-state index contributed by atoms with van der Waals surface area (Å²) in [6.07, 6.45) is 8.98. The number of nitrogens with zero attached hydrogens (tertiary/aromatic N) is 1. The summed E-state index contributed by atoms with van der Waals surface area (Å²) in [6.45, 7) is 4.12. The van der Waals surface area contributed by atoms with E-state index in [1.165, 1.54) is 44.9 Å². The minimum Gasteiger partial charge on any atom is -0.336 e. The number of nitrogens with one attached hydrogen (secondary N) is 1. The molecule has 0 bridgehead atoms. The van der Waals surface area contributed by atoms with Crippen LogP contribution in [-0.4, -0.2) is 36.0 Å². The second-order valence-corrected chi connectivity index (χ2v) is 6.41. The molecule has 102 valence electrons. The number of carbonyl (C=O) groups excluding carboxylic acids is 1. The number of hydrogen-bond acceptors (Lipinski definition) is 2. The van der Waals surface area contributed by atoms with Crippen LogP contribution < -0.4 is 5.32 Å². The van der Waals surface area contributed by atoms with Crippen LogP contribution in [-0.2, 0) is 4.79 Å². The van der Waals surface area contributed by atoms with Crippen LogP contribution in [0.4, 0.5) is 0 Å². The molecule has 3 fully saturated rings. The molecule has 0 aromatic rings. The molecule has 0 unspecified atom stereocenters. The summed E-state index contributed by atoms with van der Waals surface area (Å²) in [6, 6.07) is 1.16. The van der Waals surface area contributed by atoms with Gasteiger partial charge in [0, 0.05) is 25.2 Å². The van der Waals surface area contributed by atoms with Gasteiger partial charge in [-0.1, -0.05) is 13.3 Å². The van der Waals surface area contributed by atoms with Gasteiger partial charge >= 0.3 is 0 Å². The molecule has 2 aliphatic carbocycles. The van der Waals surface area contributed by atoms with E-state index in [4.69, 9.17) is 0 Å². The lowest BCUT2D eigenvalue weighted by atomic mass is 9.83. The summed E-state index contributed by atoms with van der Waals surface area (Å²) < 4.78 is 0. The molecule has 18 heavy (non-hydrogen) atoms. The Morgan fingerprint density at radius 1 is 1.06 bits per heavy atom. The van der Waals surface area contributed by atoms with E-state index in [9.17, 15) is 4.79 Å². The average molecular weight is 250 g/mol. The highest BCUT2D eigenvalue weighted by Gasteiger charge is 2.42. The molecule has 3 nitrogen and oxygen atoms in total. The van der Waals surface area contributed by atoms with Gasteiger partial charge < -0.3 is 10.2 Å². The Bertz CT molecular complexity index is 302. The maximum Gasteiger partial charge on any atom is 0.228 e. The van der Waals surface area contributed by atoms with Gasteiger partial charge in [-0.15, -0.1) is 0 Å². The van der Waals surface area contributed by atoms with Crippen molar-refractivity contribution < 1.29 is 4.79 Å². The fourth-order valence-electron chi connectivity index (χ4n) is 3.52. The van der Waals surface area contributed by atoms with Gasteiger partial charge in [0.1, 0.15) is 0 Å². The summed E-state index contributed by atoms with van der Waals surface area (Å²) in [5.74, 6) is 1.66. The first-order valence-electron chi connectivity index (χ1n) is 7.82.